The largest absolute Gasteiger partial charge is 0.492 e. The second kappa shape index (κ2) is 9.09. The monoisotopic (exact) mass is 478 g/mol. The molecule has 0 amide bonds. The van der Waals surface area contributed by atoms with Crippen LogP contribution < -0.4 is 9.47 Å². The number of unbranched alkanes of at least 4 members (excludes halogenated alkanes) is 2. The van der Waals surface area contributed by atoms with Crippen LogP contribution >= 0.6 is 31.9 Å². The Hall–Kier alpha value is -1.26. The summed E-state index contributed by atoms with van der Waals surface area (Å²) in [5, 5.41) is 4.39. The van der Waals surface area contributed by atoms with Crippen molar-refractivity contribution in [3.05, 3.63) is 45.3 Å². The molecule has 0 aliphatic rings. The molecule has 26 heavy (non-hydrogen) atoms. The Bertz CT molecular complexity index is 830. The van der Waals surface area contributed by atoms with Crippen LogP contribution in [0.15, 0.2) is 45.3 Å². The second-order valence-electron chi connectivity index (χ2n) is 6.44. The standard InChI is InChI=1S/C22H24Br2O2/c1-3-5-11-25-21-17-9-7-16(24)14-20(17)22(26-12-6-4-2)18-10-8-15(23)13-19(18)21/h7-10,13-14H,3-6,11-12H2,1-2H3. The van der Waals surface area contributed by atoms with Crippen LogP contribution in [0.2, 0.25) is 0 Å². The first-order valence-corrected chi connectivity index (χ1v) is 10.8. The van der Waals surface area contributed by atoms with Crippen LogP contribution in [-0.2, 0) is 0 Å². The molecule has 2 nitrogen and oxygen atoms in total. The molecular weight excluding hydrogens is 456 g/mol. The third-order valence-corrected chi connectivity index (χ3v) is 5.42. The van der Waals surface area contributed by atoms with Crippen LogP contribution in [-0.4, -0.2) is 13.2 Å². The average Bonchev–Trinajstić information content (AvgIpc) is 2.63. The maximum atomic E-state index is 6.26. The van der Waals surface area contributed by atoms with Crippen LogP contribution in [0.4, 0.5) is 0 Å². The quantitative estimate of drug-likeness (QED) is 0.241. The summed E-state index contributed by atoms with van der Waals surface area (Å²) in [6, 6.07) is 12.6. The third kappa shape index (κ3) is 4.17. The number of ether oxygens (including phenoxy) is 2. The lowest BCUT2D eigenvalue weighted by atomic mass is 10.0. The number of hydrogen-bond acceptors (Lipinski definition) is 2. The smallest absolute Gasteiger partial charge is 0.135 e. The van der Waals surface area contributed by atoms with Crippen molar-refractivity contribution in [3.63, 3.8) is 0 Å². The molecule has 0 aliphatic heterocycles. The van der Waals surface area contributed by atoms with E-state index >= 15 is 0 Å². The number of fused-ring (bicyclic) bond motifs is 2. The van der Waals surface area contributed by atoms with Gasteiger partial charge in [0.05, 0.1) is 13.2 Å². The number of benzene rings is 3. The van der Waals surface area contributed by atoms with Crippen molar-refractivity contribution < 1.29 is 9.47 Å². The summed E-state index contributed by atoms with van der Waals surface area (Å²) in [6.45, 7) is 5.80. The predicted octanol–water partition coefficient (Wildman–Crippen LogP) is 7.88. The van der Waals surface area contributed by atoms with Gasteiger partial charge in [0, 0.05) is 30.5 Å². The predicted molar refractivity (Wildman–Crippen MR) is 118 cm³/mol. The van der Waals surface area contributed by atoms with Crippen LogP contribution in [0.25, 0.3) is 21.5 Å². The van der Waals surface area contributed by atoms with Gasteiger partial charge in [-0.25, -0.2) is 0 Å². The molecule has 138 valence electrons. The number of halogens is 2. The zero-order valence-electron chi connectivity index (χ0n) is 15.3. The first-order valence-electron chi connectivity index (χ1n) is 9.25. The van der Waals surface area contributed by atoms with E-state index in [1.165, 1.54) is 0 Å². The van der Waals surface area contributed by atoms with Gasteiger partial charge in [0.2, 0.25) is 0 Å². The van der Waals surface area contributed by atoms with Crippen molar-refractivity contribution >= 4 is 53.4 Å². The van der Waals surface area contributed by atoms with Crippen molar-refractivity contribution in [3.8, 4) is 11.5 Å². The summed E-state index contributed by atoms with van der Waals surface area (Å²) in [4.78, 5) is 0. The maximum Gasteiger partial charge on any atom is 0.135 e. The fraction of sp³-hybridized carbons (Fsp3) is 0.364. The van der Waals surface area contributed by atoms with E-state index in [2.05, 4.69) is 82.1 Å². The minimum absolute atomic E-state index is 0.722. The van der Waals surface area contributed by atoms with E-state index in [9.17, 15) is 0 Å². The van der Waals surface area contributed by atoms with Gasteiger partial charge in [0.25, 0.3) is 0 Å². The Morgan fingerprint density at radius 3 is 1.46 bits per heavy atom. The minimum atomic E-state index is 0.722. The molecule has 0 saturated heterocycles. The van der Waals surface area contributed by atoms with Gasteiger partial charge in [-0.1, -0.05) is 58.5 Å². The first-order chi connectivity index (χ1) is 12.7. The number of hydrogen-bond donors (Lipinski definition) is 0. The van der Waals surface area contributed by atoms with Crippen LogP contribution in [0.5, 0.6) is 11.5 Å². The third-order valence-electron chi connectivity index (χ3n) is 4.43. The van der Waals surface area contributed by atoms with E-state index in [-0.39, 0.29) is 0 Å². The van der Waals surface area contributed by atoms with Crippen molar-refractivity contribution in [2.24, 2.45) is 0 Å². The maximum absolute atomic E-state index is 6.26. The molecule has 0 aromatic heterocycles. The highest BCUT2D eigenvalue weighted by Crippen LogP contribution is 2.44. The fourth-order valence-electron chi connectivity index (χ4n) is 3.04. The summed E-state index contributed by atoms with van der Waals surface area (Å²) >= 11 is 7.22. The Kier molecular flexibility index (Phi) is 6.82. The molecule has 3 aromatic carbocycles. The first kappa shape index (κ1) is 19.5. The Morgan fingerprint density at radius 1 is 0.654 bits per heavy atom. The van der Waals surface area contributed by atoms with Gasteiger partial charge in [0.1, 0.15) is 11.5 Å². The van der Waals surface area contributed by atoms with Gasteiger partial charge in [0.15, 0.2) is 0 Å². The summed E-state index contributed by atoms with van der Waals surface area (Å²) in [5.41, 5.74) is 0. The summed E-state index contributed by atoms with van der Waals surface area (Å²) in [6.07, 6.45) is 4.32. The Balaban J connectivity index is 2.25. The van der Waals surface area contributed by atoms with E-state index in [1.807, 2.05) is 0 Å². The average molecular weight is 480 g/mol. The molecule has 4 heteroatoms. The molecular formula is C22H24Br2O2. The van der Waals surface area contributed by atoms with E-state index in [4.69, 9.17) is 9.47 Å². The molecule has 0 heterocycles. The summed E-state index contributed by atoms with van der Waals surface area (Å²) in [5.74, 6) is 1.89. The minimum Gasteiger partial charge on any atom is -0.492 e. The van der Waals surface area contributed by atoms with E-state index < -0.39 is 0 Å². The Labute approximate surface area is 172 Å². The van der Waals surface area contributed by atoms with Crippen LogP contribution in [0, 0.1) is 0 Å². The molecule has 0 saturated carbocycles. The molecule has 0 bridgehead atoms. The van der Waals surface area contributed by atoms with Crippen molar-refractivity contribution in [2.45, 2.75) is 39.5 Å². The summed E-state index contributed by atoms with van der Waals surface area (Å²) < 4.78 is 14.6. The highest BCUT2D eigenvalue weighted by atomic mass is 79.9. The molecule has 0 unspecified atom stereocenters. The molecule has 0 atom stereocenters. The number of rotatable bonds is 8. The Morgan fingerprint density at radius 2 is 1.08 bits per heavy atom. The van der Waals surface area contributed by atoms with Gasteiger partial charge >= 0.3 is 0 Å². The lowest BCUT2D eigenvalue weighted by molar-refractivity contribution is 0.311. The van der Waals surface area contributed by atoms with E-state index in [0.717, 1.165) is 80.9 Å². The van der Waals surface area contributed by atoms with Gasteiger partial charge in [-0.15, -0.1) is 0 Å². The van der Waals surface area contributed by atoms with E-state index in [0.29, 0.717) is 0 Å². The topological polar surface area (TPSA) is 18.5 Å². The van der Waals surface area contributed by atoms with Crippen molar-refractivity contribution in [1.82, 2.24) is 0 Å². The normalized spacial score (nSPS) is 11.2. The highest BCUT2D eigenvalue weighted by Gasteiger charge is 2.17. The highest BCUT2D eigenvalue weighted by molar-refractivity contribution is 9.10. The zero-order chi connectivity index (χ0) is 18.5. The molecule has 0 spiro atoms. The lowest BCUT2D eigenvalue weighted by Gasteiger charge is -2.18. The van der Waals surface area contributed by atoms with Gasteiger partial charge in [-0.3, -0.25) is 0 Å². The molecule has 3 rings (SSSR count). The summed E-state index contributed by atoms with van der Waals surface area (Å²) in [7, 11) is 0. The van der Waals surface area contributed by atoms with E-state index in [1.54, 1.807) is 0 Å². The molecule has 3 aromatic rings. The van der Waals surface area contributed by atoms with Crippen LogP contribution in [0.1, 0.15) is 39.5 Å². The second-order valence-corrected chi connectivity index (χ2v) is 8.27. The molecule has 0 aliphatic carbocycles. The zero-order valence-corrected chi connectivity index (χ0v) is 18.5. The van der Waals surface area contributed by atoms with Crippen molar-refractivity contribution in [2.75, 3.05) is 13.2 Å². The molecule has 0 N–H and O–H groups in total. The molecule has 0 fully saturated rings. The van der Waals surface area contributed by atoms with Crippen LogP contribution in [0.3, 0.4) is 0 Å². The lowest BCUT2D eigenvalue weighted by Crippen LogP contribution is -2.02. The SMILES string of the molecule is CCCCOc1c2ccc(Br)cc2c(OCCCC)c2ccc(Br)cc12. The van der Waals surface area contributed by atoms with Gasteiger partial charge in [-0.2, -0.15) is 0 Å². The molecule has 0 radical (unpaired) electrons. The van der Waals surface area contributed by atoms with Gasteiger partial charge < -0.3 is 9.47 Å². The van der Waals surface area contributed by atoms with Gasteiger partial charge in [-0.05, 0) is 49.2 Å². The fourth-order valence-corrected chi connectivity index (χ4v) is 3.77. The van der Waals surface area contributed by atoms with Crippen molar-refractivity contribution in [1.29, 1.82) is 0 Å².